The van der Waals surface area contributed by atoms with Crippen molar-refractivity contribution < 1.29 is 41.1 Å². The fraction of sp³-hybridized carbons (Fsp3) is 0.321. The van der Waals surface area contributed by atoms with Crippen LogP contribution in [-0.4, -0.2) is 70.6 Å². The van der Waals surface area contributed by atoms with Crippen molar-refractivity contribution >= 4 is 45.0 Å². The Morgan fingerprint density at radius 1 is 1.02 bits per heavy atom. The number of rotatable bonds is 9. The van der Waals surface area contributed by atoms with E-state index in [0.29, 0.717) is 11.2 Å². The quantitative estimate of drug-likeness (QED) is 0.240. The van der Waals surface area contributed by atoms with Crippen LogP contribution in [0.5, 0.6) is 0 Å². The molecule has 4 aromatic rings. The minimum absolute atomic E-state index is 0.0000142. The van der Waals surface area contributed by atoms with E-state index in [1.165, 1.54) is 30.9 Å². The molecule has 0 spiro atoms. The molecule has 2 aliphatic heterocycles. The average molecular weight is 640 g/mol. The number of aromatic nitrogens is 4. The summed E-state index contributed by atoms with van der Waals surface area (Å²) in [5.41, 5.74) is 7.33. The van der Waals surface area contributed by atoms with Crippen LogP contribution in [0.2, 0.25) is 0 Å². The normalized spacial score (nSPS) is 22.2. The molecule has 236 valence electrons. The van der Waals surface area contributed by atoms with Crippen molar-refractivity contribution in [3.05, 3.63) is 78.4 Å². The minimum atomic E-state index is -4.65. The van der Waals surface area contributed by atoms with Crippen molar-refractivity contribution in [2.75, 3.05) is 17.7 Å². The second kappa shape index (κ2) is 12.0. The molecule has 6 rings (SSSR count). The van der Waals surface area contributed by atoms with Gasteiger partial charge in [0.05, 0.1) is 24.2 Å². The largest absolute Gasteiger partial charge is 0.444 e. The van der Waals surface area contributed by atoms with Crippen LogP contribution in [-0.2, 0) is 40.0 Å². The number of carbonyl (C=O) groups is 2. The van der Waals surface area contributed by atoms with E-state index < -0.39 is 59.2 Å². The minimum Gasteiger partial charge on any atom is -0.444 e. The van der Waals surface area contributed by atoms with Gasteiger partial charge >= 0.3 is 16.4 Å². The van der Waals surface area contributed by atoms with Crippen molar-refractivity contribution in [2.24, 2.45) is 0 Å². The second-order valence-corrected chi connectivity index (χ2v) is 12.0. The van der Waals surface area contributed by atoms with Gasteiger partial charge in [0.15, 0.2) is 23.5 Å². The number of imidazole rings is 1. The number of nitrogens with two attached hydrogens (primary N) is 1. The Hall–Kier alpha value is -4.68. The van der Waals surface area contributed by atoms with Crippen molar-refractivity contribution in [2.45, 2.75) is 50.8 Å². The van der Waals surface area contributed by atoms with Gasteiger partial charge in [-0.25, -0.2) is 24.5 Å². The summed E-state index contributed by atoms with van der Waals surface area (Å²) in [4.78, 5) is 37.8. The van der Waals surface area contributed by atoms with Gasteiger partial charge in [0.2, 0.25) is 0 Å². The van der Waals surface area contributed by atoms with Gasteiger partial charge in [-0.05, 0) is 31.5 Å². The number of nitrogen functional groups attached to an aromatic ring is 1. The summed E-state index contributed by atoms with van der Waals surface area (Å²) in [5, 5.41) is 2.46. The lowest BCUT2D eigenvalue weighted by atomic mass is 10.1. The number of amides is 2. The summed E-state index contributed by atoms with van der Waals surface area (Å²) in [5.74, 6) is -1.87. The standard InChI is InChI=1S/C28H29N7O9S/c1-28(2)43-21-19(42-26(22(21)44-28)35-15-32-20-23(29)30-14-31-24(20)35)13-41-45(38,39)34-25(36)17-10-6-7-11-18(17)33-27(37)40-12-16-8-4-3-5-9-16/h3-11,14-15,19,21-22,26H,12-13H2,1-2H3,(H,33,37)(H,34,36)(H2,29,30,31)/t19-,21-,22-,26-/m1/s1. The van der Waals surface area contributed by atoms with Gasteiger partial charge < -0.3 is 24.7 Å². The number of nitrogens with zero attached hydrogens (tertiary/aromatic N) is 4. The molecule has 4 atom stereocenters. The Labute approximate surface area is 257 Å². The van der Waals surface area contributed by atoms with Gasteiger partial charge in [0.25, 0.3) is 5.91 Å². The van der Waals surface area contributed by atoms with Crippen molar-refractivity contribution in [3.63, 3.8) is 0 Å². The van der Waals surface area contributed by atoms with Crippen LogP contribution >= 0.6 is 0 Å². The van der Waals surface area contributed by atoms with Crippen molar-refractivity contribution in [1.29, 1.82) is 0 Å². The van der Waals surface area contributed by atoms with Gasteiger partial charge in [0, 0.05) is 0 Å². The molecule has 2 fully saturated rings. The number of hydrogen-bond donors (Lipinski definition) is 3. The number of ether oxygens (including phenoxy) is 4. The molecule has 4 heterocycles. The SMILES string of the molecule is CC1(C)O[C@@H]2[C@H](O1)[C@@H](COS(=O)(=O)NC(=O)c1ccccc1NC(=O)OCc1ccccc1)O[C@H]2n1cnc2c(N)ncnc21. The first-order valence-electron chi connectivity index (χ1n) is 13.7. The Morgan fingerprint density at radius 3 is 2.56 bits per heavy atom. The highest BCUT2D eigenvalue weighted by atomic mass is 32.2. The number of benzene rings is 2. The lowest BCUT2D eigenvalue weighted by Crippen LogP contribution is -2.38. The first-order valence-corrected chi connectivity index (χ1v) is 15.1. The molecule has 2 saturated heterocycles. The predicted molar refractivity (Wildman–Crippen MR) is 157 cm³/mol. The van der Waals surface area contributed by atoms with Crippen LogP contribution in [0.3, 0.4) is 0 Å². The third kappa shape index (κ3) is 6.57. The molecule has 0 unspecified atom stereocenters. The molecule has 0 bridgehead atoms. The number of fused-ring (bicyclic) bond motifs is 2. The smallest absolute Gasteiger partial charge is 0.411 e. The lowest BCUT2D eigenvalue weighted by Gasteiger charge is -2.24. The Balaban J connectivity index is 1.11. The Bertz CT molecular complexity index is 1830. The van der Waals surface area contributed by atoms with Gasteiger partial charge in [0.1, 0.15) is 36.8 Å². The highest BCUT2D eigenvalue weighted by Crippen LogP contribution is 2.44. The maximum Gasteiger partial charge on any atom is 0.411 e. The third-order valence-electron chi connectivity index (χ3n) is 7.01. The van der Waals surface area contributed by atoms with Crippen LogP contribution in [0, 0.1) is 0 Å². The van der Waals surface area contributed by atoms with Gasteiger partial charge in [-0.3, -0.25) is 18.9 Å². The molecule has 2 aromatic heterocycles. The van der Waals surface area contributed by atoms with Crippen molar-refractivity contribution in [3.8, 4) is 0 Å². The third-order valence-corrected chi connectivity index (χ3v) is 7.89. The number of para-hydroxylation sites is 1. The lowest BCUT2D eigenvalue weighted by molar-refractivity contribution is -0.198. The van der Waals surface area contributed by atoms with Gasteiger partial charge in [-0.2, -0.15) is 8.42 Å². The van der Waals surface area contributed by atoms with Crippen molar-refractivity contribution in [1.82, 2.24) is 24.2 Å². The molecule has 4 N–H and O–H groups in total. The van der Waals surface area contributed by atoms with Crippen LogP contribution in [0.15, 0.2) is 67.3 Å². The zero-order valence-electron chi connectivity index (χ0n) is 24.0. The summed E-state index contributed by atoms with van der Waals surface area (Å²) in [6, 6.07) is 14.8. The van der Waals surface area contributed by atoms with Crippen LogP contribution in [0.4, 0.5) is 16.3 Å². The molecular weight excluding hydrogens is 610 g/mol. The first-order chi connectivity index (χ1) is 21.5. The Morgan fingerprint density at radius 2 is 1.76 bits per heavy atom. The number of hydrogen-bond acceptors (Lipinski definition) is 13. The van der Waals surface area contributed by atoms with E-state index in [-0.39, 0.29) is 23.7 Å². The summed E-state index contributed by atoms with van der Waals surface area (Å²) in [6.07, 6.45) is -1.24. The topological polar surface area (TPSA) is 208 Å². The maximum atomic E-state index is 13.0. The summed E-state index contributed by atoms with van der Waals surface area (Å²) in [6.45, 7) is 2.91. The van der Waals surface area contributed by atoms with E-state index in [1.807, 2.05) is 10.8 Å². The van der Waals surface area contributed by atoms with E-state index in [9.17, 15) is 18.0 Å². The maximum absolute atomic E-state index is 13.0. The van der Waals surface area contributed by atoms with Crippen LogP contribution in [0.1, 0.15) is 36.0 Å². The van der Waals surface area contributed by atoms with Crippen LogP contribution in [0.25, 0.3) is 11.2 Å². The van der Waals surface area contributed by atoms with E-state index in [0.717, 1.165) is 5.56 Å². The van der Waals surface area contributed by atoms with Gasteiger partial charge in [-0.1, -0.05) is 42.5 Å². The molecule has 0 aliphatic carbocycles. The molecular formula is C28H29N7O9S. The number of carbonyl (C=O) groups excluding carboxylic acids is 2. The zero-order valence-corrected chi connectivity index (χ0v) is 24.8. The van der Waals surface area contributed by atoms with E-state index >= 15 is 0 Å². The van der Waals surface area contributed by atoms with E-state index in [2.05, 4.69) is 20.3 Å². The first kappa shape index (κ1) is 30.4. The number of nitrogens with one attached hydrogen (secondary N) is 2. The average Bonchev–Trinajstić information content (AvgIpc) is 3.67. The molecule has 0 saturated carbocycles. The summed E-state index contributed by atoms with van der Waals surface area (Å²) >= 11 is 0. The Kier molecular flexibility index (Phi) is 8.10. The molecule has 0 radical (unpaired) electrons. The summed E-state index contributed by atoms with van der Waals surface area (Å²) in [7, 11) is -4.65. The number of anilines is 2. The molecule has 2 aromatic carbocycles. The molecule has 2 amide bonds. The molecule has 2 aliphatic rings. The molecule has 45 heavy (non-hydrogen) atoms. The van der Waals surface area contributed by atoms with E-state index in [1.54, 1.807) is 48.7 Å². The fourth-order valence-corrected chi connectivity index (χ4v) is 5.80. The molecule has 16 nitrogen and oxygen atoms in total. The predicted octanol–water partition coefficient (Wildman–Crippen LogP) is 2.27. The van der Waals surface area contributed by atoms with E-state index in [4.69, 9.17) is 28.9 Å². The molecule has 17 heteroatoms. The fourth-order valence-electron chi connectivity index (χ4n) is 5.09. The van der Waals surface area contributed by atoms with Gasteiger partial charge in [-0.15, -0.1) is 0 Å². The monoisotopic (exact) mass is 639 g/mol. The summed E-state index contributed by atoms with van der Waals surface area (Å²) < 4.78 is 57.8. The van der Waals surface area contributed by atoms with Crippen LogP contribution < -0.4 is 15.8 Å². The second-order valence-electron chi connectivity index (χ2n) is 10.6. The highest BCUT2D eigenvalue weighted by Gasteiger charge is 2.56. The zero-order chi connectivity index (χ0) is 31.8. The highest BCUT2D eigenvalue weighted by molar-refractivity contribution is 7.85.